The number of carbonyl (C=O) groups excluding carboxylic acids is 1. The molecule has 0 aliphatic carbocycles. The summed E-state index contributed by atoms with van der Waals surface area (Å²) in [5.74, 6) is -0.671. The number of amides is 1. The van der Waals surface area contributed by atoms with Crippen LogP contribution in [-0.2, 0) is 11.0 Å². The summed E-state index contributed by atoms with van der Waals surface area (Å²) in [6.45, 7) is 0. The van der Waals surface area contributed by atoms with E-state index in [-0.39, 0.29) is 0 Å². The molecule has 0 radical (unpaired) electrons. The molecule has 1 aromatic heterocycles. The first kappa shape index (κ1) is 11.2. The van der Waals surface area contributed by atoms with E-state index >= 15 is 0 Å². The van der Waals surface area contributed by atoms with Gasteiger partial charge in [-0.25, -0.2) is 0 Å². The molecule has 0 unspecified atom stereocenters. The van der Waals surface area contributed by atoms with Gasteiger partial charge in [0.1, 0.15) is 5.69 Å². The maximum absolute atomic E-state index is 12.1. The van der Waals surface area contributed by atoms with Crippen LogP contribution in [0.25, 0.3) is 6.08 Å². The number of hydrogen-bond donors (Lipinski definition) is 1. The first-order valence-corrected chi connectivity index (χ1v) is 3.90. The smallest absolute Gasteiger partial charge is 0.366 e. The number of rotatable bonds is 2. The summed E-state index contributed by atoms with van der Waals surface area (Å²) in [5, 5.41) is 0. The molecular weight excluding hydrogens is 209 g/mol. The third kappa shape index (κ3) is 3.41. The molecule has 6 heteroatoms. The lowest BCUT2D eigenvalue weighted by molar-refractivity contribution is -0.141. The number of primary amides is 1. The number of nitrogens with zero attached hydrogens (tertiary/aromatic N) is 1. The Kier molecular flexibility index (Phi) is 3.08. The van der Waals surface area contributed by atoms with Gasteiger partial charge in [0.2, 0.25) is 5.91 Å². The molecule has 1 amide bonds. The van der Waals surface area contributed by atoms with Crippen LogP contribution in [0.3, 0.4) is 0 Å². The fraction of sp³-hybridized carbons (Fsp3) is 0.111. The highest BCUT2D eigenvalue weighted by Gasteiger charge is 2.31. The molecule has 0 fully saturated rings. The van der Waals surface area contributed by atoms with Crippen molar-refractivity contribution in [2.24, 2.45) is 5.73 Å². The molecule has 0 aliphatic heterocycles. The fourth-order valence-electron chi connectivity index (χ4n) is 0.850. The van der Waals surface area contributed by atoms with Gasteiger partial charge in [0.05, 0.1) is 0 Å². The van der Waals surface area contributed by atoms with Crippen molar-refractivity contribution in [3.63, 3.8) is 0 Å². The number of alkyl halides is 3. The highest BCUT2D eigenvalue weighted by molar-refractivity contribution is 5.90. The van der Waals surface area contributed by atoms with Gasteiger partial charge in [-0.3, -0.25) is 9.78 Å². The van der Waals surface area contributed by atoms with Crippen LogP contribution >= 0.6 is 0 Å². The van der Waals surface area contributed by atoms with E-state index in [2.05, 4.69) is 4.98 Å². The predicted molar refractivity (Wildman–Crippen MR) is 47.5 cm³/mol. The monoisotopic (exact) mass is 216 g/mol. The molecule has 80 valence electrons. The van der Waals surface area contributed by atoms with Crippen molar-refractivity contribution in [1.82, 2.24) is 4.98 Å². The van der Waals surface area contributed by atoms with Crippen molar-refractivity contribution in [2.75, 3.05) is 0 Å². The Bertz CT molecular complexity index is 381. The van der Waals surface area contributed by atoms with E-state index in [0.29, 0.717) is 5.56 Å². The zero-order valence-corrected chi connectivity index (χ0v) is 7.45. The van der Waals surface area contributed by atoms with Gasteiger partial charge >= 0.3 is 6.18 Å². The lowest BCUT2D eigenvalue weighted by Gasteiger charge is -2.04. The molecule has 0 spiro atoms. The SMILES string of the molecule is NC(=O)/C=C/c1ccc(C(F)(F)F)nc1. The minimum atomic E-state index is -4.45. The van der Waals surface area contributed by atoms with Crippen LogP contribution < -0.4 is 5.73 Å². The average Bonchev–Trinajstić information content (AvgIpc) is 2.14. The second-order valence-corrected chi connectivity index (χ2v) is 2.71. The summed E-state index contributed by atoms with van der Waals surface area (Å²) in [7, 11) is 0. The van der Waals surface area contributed by atoms with E-state index in [9.17, 15) is 18.0 Å². The number of halogens is 3. The summed E-state index contributed by atoms with van der Waals surface area (Å²) in [4.78, 5) is 13.5. The zero-order valence-electron chi connectivity index (χ0n) is 7.45. The van der Waals surface area contributed by atoms with E-state index in [1.54, 1.807) is 0 Å². The highest BCUT2D eigenvalue weighted by Crippen LogP contribution is 2.27. The molecule has 0 atom stereocenters. The first-order chi connectivity index (χ1) is 6.89. The van der Waals surface area contributed by atoms with Crippen molar-refractivity contribution in [1.29, 1.82) is 0 Å². The summed E-state index contributed by atoms with van der Waals surface area (Å²) in [5.41, 5.74) is 4.22. The maximum atomic E-state index is 12.1. The second kappa shape index (κ2) is 4.12. The topological polar surface area (TPSA) is 56.0 Å². The van der Waals surface area contributed by atoms with Crippen LogP contribution in [0, 0.1) is 0 Å². The summed E-state index contributed by atoms with van der Waals surface area (Å²) in [6, 6.07) is 2.04. The maximum Gasteiger partial charge on any atom is 0.433 e. The van der Waals surface area contributed by atoms with Crippen LogP contribution in [0.4, 0.5) is 13.2 Å². The standard InChI is InChI=1S/C9H7F3N2O/c10-9(11,12)7-3-1-6(5-14-7)2-4-8(13)15/h1-5H,(H2,13,15)/b4-2+. The van der Waals surface area contributed by atoms with Crippen molar-refractivity contribution in [2.45, 2.75) is 6.18 Å². The molecule has 3 nitrogen and oxygen atoms in total. The zero-order chi connectivity index (χ0) is 11.5. The van der Waals surface area contributed by atoms with Crippen LogP contribution in [0.5, 0.6) is 0 Å². The van der Waals surface area contributed by atoms with Crippen molar-refractivity contribution in [3.05, 3.63) is 35.7 Å². The quantitative estimate of drug-likeness (QED) is 0.763. The van der Waals surface area contributed by atoms with Gasteiger partial charge in [0.15, 0.2) is 0 Å². The number of aromatic nitrogens is 1. The Morgan fingerprint density at radius 1 is 1.40 bits per heavy atom. The molecule has 1 heterocycles. The van der Waals surface area contributed by atoms with Crippen molar-refractivity contribution < 1.29 is 18.0 Å². The summed E-state index contributed by atoms with van der Waals surface area (Å²) in [6.07, 6.45) is -1.10. The Hall–Kier alpha value is -1.85. The normalized spacial score (nSPS) is 11.9. The average molecular weight is 216 g/mol. The lowest BCUT2D eigenvalue weighted by atomic mass is 10.2. The molecule has 0 bridgehead atoms. The van der Waals surface area contributed by atoms with Crippen molar-refractivity contribution >= 4 is 12.0 Å². The Balaban J connectivity index is 2.86. The van der Waals surface area contributed by atoms with Gasteiger partial charge < -0.3 is 5.73 Å². The van der Waals surface area contributed by atoms with E-state index in [0.717, 1.165) is 18.3 Å². The van der Waals surface area contributed by atoms with E-state index < -0.39 is 17.8 Å². The van der Waals surface area contributed by atoms with Gasteiger partial charge in [-0.05, 0) is 17.7 Å². The minimum Gasteiger partial charge on any atom is -0.366 e. The first-order valence-electron chi connectivity index (χ1n) is 3.90. The van der Waals surface area contributed by atoms with Gasteiger partial charge in [-0.2, -0.15) is 13.2 Å². The Morgan fingerprint density at radius 3 is 2.47 bits per heavy atom. The fourth-order valence-corrected chi connectivity index (χ4v) is 0.850. The molecule has 0 saturated heterocycles. The number of pyridine rings is 1. The van der Waals surface area contributed by atoms with Gasteiger partial charge in [0.25, 0.3) is 0 Å². The van der Waals surface area contributed by atoms with E-state index in [1.807, 2.05) is 0 Å². The highest BCUT2D eigenvalue weighted by atomic mass is 19.4. The molecule has 0 aliphatic rings. The third-order valence-corrected chi connectivity index (χ3v) is 1.52. The van der Waals surface area contributed by atoms with Gasteiger partial charge in [-0.1, -0.05) is 6.07 Å². The third-order valence-electron chi connectivity index (χ3n) is 1.52. The largest absolute Gasteiger partial charge is 0.433 e. The molecule has 1 rings (SSSR count). The minimum absolute atomic E-state index is 0.377. The number of hydrogen-bond acceptors (Lipinski definition) is 2. The Labute approximate surface area is 83.4 Å². The predicted octanol–water partition coefficient (Wildman–Crippen LogP) is 1.60. The van der Waals surface area contributed by atoms with Gasteiger partial charge in [0, 0.05) is 12.3 Å². The van der Waals surface area contributed by atoms with Crippen LogP contribution in [-0.4, -0.2) is 10.9 Å². The van der Waals surface area contributed by atoms with Crippen molar-refractivity contribution in [3.8, 4) is 0 Å². The van der Waals surface area contributed by atoms with Crippen LogP contribution in [0.2, 0.25) is 0 Å². The van der Waals surface area contributed by atoms with Crippen LogP contribution in [0.1, 0.15) is 11.3 Å². The van der Waals surface area contributed by atoms with Crippen LogP contribution in [0.15, 0.2) is 24.4 Å². The molecular formula is C9H7F3N2O. The van der Waals surface area contributed by atoms with Gasteiger partial charge in [-0.15, -0.1) is 0 Å². The second-order valence-electron chi connectivity index (χ2n) is 2.71. The van der Waals surface area contributed by atoms with E-state index in [4.69, 9.17) is 5.73 Å². The number of carbonyl (C=O) groups is 1. The summed E-state index contributed by atoms with van der Waals surface area (Å²) < 4.78 is 36.2. The molecule has 15 heavy (non-hydrogen) atoms. The Morgan fingerprint density at radius 2 is 2.07 bits per heavy atom. The number of nitrogens with two attached hydrogens (primary N) is 1. The molecule has 1 aromatic rings. The molecule has 0 saturated carbocycles. The summed E-state index contributed by atoms with van der Waals surface area (Å²) >= 11 is 0. The van der Waals surface area contributed by atoms with E-state index in [1.165, 1.54) is 12.1 Å². The lowest BCUT2D eigenvalue weighted by Crippen LogP contribution is -2.07. The molecule has 0 aromatic carbocycles. The molecule has 2 N–H and O–H groups in total.